The lowest BCUT2D eigenvalue weighted by molar-refractivity contribution is 0.0940. The largest absolute Gasteiger partial charge is 0.344 e. The maximum Gasteiger partial charge on any atom is 0.268 e. The first-order chi connectivity index (χ1) is 17.8. The van der Waals surface area contributed by atoms with Crippen molar-refractivity contribution in [3.63, 3.8) is 0 Å². The Kier molecular flexibility index (Phi) is 6.10. The highest BCUT2D eigenvalue weighted by molar-refractivity contribution is 7.17. The number of rotatable bonds is 8. The lowest BCUT2D eigenvalue weighted by Crippen LogP contribution is -2.27. The van der Waals surface area contributed by atoms with Crippen molar-refractivity contribution >= 4 is 38.5 Å². The van der Waals surface area contributed by atoms with Crippen LogP contribution >= 0.6 is 11.3 Å². The highest BCUT2D eigenvalue weighted by atomic mass is 32.1. The van der Waals surface area contributed by atoms with Crippen molar-refractivity contribution < 1.29 is 4.79 Å². The highest BCUT2D eigenvalue weighted by Crippen LogP contribution is 2.26. The summed E-state index contributed by atoms with van der Waals surface area (Å²) in [6.45, 7) is 1.81. The maximum absolute atomic E-state index is 13.4. The number of nitrogens with one attached hydrogen (secondary N) is 1. The standard InChI is InChI=1S/C30H26N4OS/c35-30(27-19-28-26(16-18-36-28)33(27)17-15-22-9-3-1-4-10-22)31-20-29-32-24-13-7-8-14-25(24)34(29)21-23-11-5-2-6-12-23/h1-14,16,18-19H,15,17,20-21H2,(H,31,35). The third-order valence-electron chi connectivity index (χ3n) is 6.55. The summed E-state index contributed by atoms with van der Waals surface area (Å²) in [4.78, 5) is 18.3. The van der Waals surface area contributed by atoms with Crippen LogP contribution in [0.25, 0.3) is 21.3 Å². The van der Waals surface area contributed by atoms with Gasteiger partial charge in [0.15, 0.2) is 0 Å². The fourth-order valence-corrected chi connectivity index (χ4v) is 5.57. The zero-order valence-electron chi connectivity index (χ0n) is 19.8. The monoisotopic (exact) mass is 490 g/mol. The number of thiophene rings is 1. The smallest absolute Gasteiger partial charge is 0.268 e. The Morgan fingerprint density at radius 2 is 1.53 bits per heavy atom. The van der Waals surface area contributed by atoms with Gasteiger partial charge in [-0.25, -0.2) is 4.98 Å². The van der Waals surface area contributed by atoms with E-state index in [1.54, 1.807) is 11.3 Å². The minimum Gasteiger partial charge on any atom is -0.344 e. The van der Waals surface area contributed by atoms with Crippen LogP contribution in [0.5, 0.6) is 0 Å². The van der Waals surface area contributed by atoms with E-state index in [9.17, 15) is 4.79 Å². The number of para-hydroxylation sites is 2. The summed E-state index contributed by atoms with van der Waals surface area (Å²) in [6, 6.07) is 33.0. The van der Waals surface area contributed by atoms with Gasteiger partial charge in [0.2, 0.25) is 0 Å². The molecule has 1 N–H and O–H groups in total. The number of hydrogen-bond acceptors (Lipinski definition) is 3. The molecule has 0 unspecified atom stereocenters. The van der Waals surface area contributed by atoms with Crippen molar-refractivity contribution in [3.8, 4) is 0 Å². The van der Waals surface area contributed by atoms with Crippen LogP contribution in [0.2, 0.25) is 0 Å². The average molecular weight is 491 g/mol. The van der Waals surface area contributed by atoms with Crippen molar-refractivity contribution in [2.45, 2.75) is 26.1 Å². The first kappa shape index (κ1) is 22.3. The van der Waals surface area contributed by atoms with Crippen LogP contribution in [-0.4, -0.2) is 20.0 Å². The van der Waals surface area contributed by atoms with Gasteiger partial charge in [-0.2, -0.15) is 0 Å². The molecular weight excluding hydrogens is 464 g/mol. The van der Waals surface area contributed by atoms with Crippen LogP contribution in [0.1, 0.15) is 27.4 Å². The number of imidazole rings is 1. The van der Waals surface area contributed by atoms with E-state index in [1.807, 2.05) is 48.5 Å². The van der Waals surface area contributed by atoms with Crippen molar-refractivity contribution in [2.24, 2.45) is 0 Å². The lowest BCUT2D eigenvalue weighted by Gasteiger charge is -2.13. The van der Waals surface area contributed by atoms with Crippen molar-refractivity contribution in [1.82, 2.24) is 19.4 Å². The molecule has 6 rings (SSSR count). The number of aryl methyl sites for hydroxylation is 2. The van der Waals surface area contributed by atoms with Crippen LogP contribution in [0.4, 0.5) is 0 Å². The second-order valence-corrected chi connectivity index (χ2v) is 9.81. The van der Waals surface area contributed by atoms with E-state index >= 15 is 0 Å². The van der Waals surface area contributed by atoms with Crippen LogP contribution in [0, 0.1) is 0 Å². The summed E-state index contributed by atoms with van der Waals surface area (Å²) in [7, 11) is 0. The lowest BCUT2D eigenvalue weighted by atomic mass is 10.1. The molecule has 6 aromatic rings. The Balaban J connectivity index is 1.26. The third kappa shape index (κ3) is 4.43. The summed E-state index contributed by atoms with van der Waals surface area (Å²) in [5, 5.41) is 5.23. The van der Waals surface area contributed by atoms with Gasteiger partial charge < -0.3 is 14.5 Å². The van der Waals surface area contributed by atoms with Gasteiger partial charge in [0.1, 0.15) is 11.5 Å². The summed E-state index contributed by atoms with van der Waals surface area (Å²) < 4.78 is 5.46. The summed E-state index contributed by atoms with van der Waals surface area (Å²) in [5.74, 6) is 0.766. The second kappa shape index (κ2) is 9.84. The first-order valence-electron chi connectivity index (χ1n) is 12.1. The van der Waals surface area contributed by atoms with Gasteiger partial charge >= 0.3 is 0 Å². The molecule has 3 aromatic carbocycles. The molecule has 36 heavy (non-hydrogen) atoms. The third-order valence-corrected chi connectivity index (χ3v) is 7.40. The molecule has 6 heteroatoms. The molecule has 0 bridgehead atoms. The number of benzene rings is 3. The number of carbonyl (C=O) groups excluding carboxylic acids is 1. The fourth-order valence-electron chi connectivity index (χ4n) is 4.74. The molecule has 178 valence electrons. The predicted octanol–water partition coefficient (Wildman–Crippen LogP) is 6.27. The zero-order chi connectivity index (χ0) is 24.3. The number of fused-ring (bicyclic) bond motifs is 2. The predicted molar refractivity (Wildman–Crippen MR) is 146 cm³/mol. The quantitative estimate of drug-likeness (QED) is 0.273. The molecule has 3 heterocycles. The molecule has 0 saturated carbocycles. The molecular formula is C30H26N4OS. The second-order valence-electron chi connectivity index (χ2n) is 8.86. The normalized spacial score (nSPS) is 11.3. The number of carbonyl (C=O) groups is 1. The molecule has 0 radical (unpaired) electrons. The van der Waals surface area contributed by atoms with Gasteiger partial charge in [0.05, 0.1) is 27.8 Å². The SMILES string of the molecule is O=C(NCc1nc2ccccc2n1Cc1ccccc1)c1cc2sccc2n1CCc1ccccc1. The van der Waals surface area contributed by atoms with E-state index in [0.717, 1.165) is 40.0 Å². The van der Waals surface area contributed by atoms with Crippen molar-refractivity contribution in [2.75, 3.05) is 0 Å². The van der Waals surface area contributed by atoms with Gasteiger partial charge in [0.25, 0.3) is 5.91 Å². The molecule has 3 aromatic heterocycles. The fraction of sp³-hybridized carbons (Fsp3) is 0.133. The molecule has 0 fully saturated rings. The zero-order valence-corrected chi connectivity index (χ0v) is 20.6. The number of amides is 1. The minimum atomic E-state index is -0.0789. The Morgan fingerprint density at radius 1 is 0.806 bits per heavy atom. The number of nitrogens with zero attached hydrogens (tertiary/aromatic N) is 3. The van der Waals surface area contributed by atoms with Crippen molar-refractivity contribution in [3.05, 3.63) is 125 Å². The molecule has 0 spiro atoms. The van der Waals surface area contributed by atoms with E-state index in [0.29, 0.717) is 18.8 Å². The van der Waals surface area contributed by atoms with E-state index < -0.39 is 0 Å². The molecule has 0 saturated heterocycles. The molecule has 0 atom stereocenters. The van der Waals surface area contributed by atoms with Gasteiger partial charge in [-0.05, 0) is 47.2 Å². The van der Waals surface area contributed by atoms with Crippen LogP contribution in [0.3, 0.4) is 0 Å². The summed E-state index contributed by atoms with van der Waals surface area (Å²) >= 11 is 1.67. The van der Waals surface area contributed by atoms with Gasteiger partial charge in [-0.3, -0.25) is 4.79 Å². The molecule has 0 aliphatic carbocycles. The number of aromatic nitrogens is 3. The Labute approximate surface area is 213 Å². The van der Waals surface area contributed by atoms with Crippen LogP contribution < -0.4 is 5.32 Å². The topological polar surface area (TPSA) is 51.9 Å². The summed E-state index contributed by atoms with van der Waals surface area (Å²) in [6.07, 6.45) is 0.869. The summed E-state index contributed by atoms with van der Waals surface area (Å²) in [5.41, 5.74) is 6.26. The Morgan fingerprint density at radius 3 is 2.33 bits per heavy atom. The van der Waals surface area contributed by atoms with Gasteiger partial charge in [-0.1, -0.05) is 72.8 Å². The van der Waals surface area contributed by atoms with E-state index in [4.69, 9.17) is 4.98 Å². The van der Waals surface area contributed by atoms with E-state index in [2.05, 4.69) is 68.4 Å². The Bertz CT molecular complexity index is 1630. The highest BCUT2D eigenvalue weighted by Gasteiger charge is 2.18. The Hall–Kier alpha value is -4.16. The van der Waals surface area contributed by atoms with Gasteiger partial charge in [0, 0.05) is 13.1 Å². The number of hydrogen-bond donors (Lipinski definition) is 1. The van der Waals surface area contributed by atoms with Crippen molar-refractivity contribution in [1.29, 1.82) is 0 Å². The van der Waals surface area contributed by atoms with Crippen LogP contribution in [0.15, 0.2) is 102 Å². The molecule has 0 aliphatic rings. The maximum atomic E-state index is 13.4. The first-order valence-corrected chi connectivity index (χ1v) is 13.0. The van der Waals surface area contributed by atoms with Crippen LogP contribution in [-0.2, 0) is 26.1 Å². The molecule has 5 nitrogen and oxygen atoms in total. The van der Waals surface area contributed by atoms with E-state index in [1.165, 1.54) is 11.1 Å². The molecule has 1 amide bonds. The van der Waals surface area contributed by atoms with Gasteiger partial charge in [-0.15, -0.1) is 11.3 Å². The van der Waals surface area contributed by atoms with E-state index in [-0.39, 0.29) is 5.91 Å². The average Bonchev–Trinajstić information content (AvgIpc) is 3.61. The minimum absolute atomic E-state index is 0.0789. The molecule has 0 aliphatic heterocycles.